The van der Waals surface area contributed by atoms with Gasteiger partial charge in [0.05, 0.1) is 30.3 Å². The Bertz CT molecular complexity index is 1100. The molecule has 3 aromatic rings. The quantitative estimate of drug-likeness (QED) is 0.513. The number of pyridine rings is 1. The van der Waals surface area contributed by atoms with E-state index in [4.69, 9.17) is 10.4 Å². The van der Waals surface area contributed by atoms with Crippen molar-refractivity contribution in [1.82, 2.24) is 24.7 Å². The number of hydrogen-bond donors (Lipinski definition) is 3. The predicted octanol–water partition coefficient (Wildman–Crippen LogP) is 2.42. The zero-order chi connectivity index (χ0) is 21.1. The lowest BCUT2D eigenvalue weighted by atomic mass is 10.0. The van der Waals surface area contributed by atoms with E-state index in [0.29, 0.717) is 24.6 Å². The Balaban J connectivity index is 1.79. The molecule has 9 nitrogen and oxygen atoms in total. The number of aromatic nitrogens is 5. The molecule has 0 aromatic carbocycles. The van der Waals surface area contributed by atoms with Crippen LogP contribution in [-0.2, 0) is 12.0 Å². The minimum atomic E-state index is -0.570. The lowest BCUT2D eigenvalue weighted by Crippen LogP contribution is -2.30. The van der Waals surface area contributed by atoms with Crippen molar-refractivity contribution in [2.75, 3.05) is 30.3 Å². The summed E-state index contributed by atoms with van der Waals surface area (Å²) in [5, 5.41) is 29.7. The molecule has 0 aliphatic carbocycles. The summed E-state index contributed by atoms with van der Waals surface area (Å²) in [6.07, 6.45) is 6.69. The van der Waals surface area contributed by atoms with Crippen molar-refractivity contribution in [2.24, 2.45) is 0 Å². The Morgan fingerprint density at radius 3 is 3.03 bits per heavy atom. The van der Waals surface area contributed by atoms with Gasteiger partial charge in [0.25, 0.3) is 0 Å². The van der Waals surface area contributed by atoms with E-state index in [1.807, 2.05) is 32.3 Å². The molecule has 0 amide bonds. The van der Waals surface area contributed by atoms with Gasteiger partial charge in [0.15, 0.2) is 0 Å². The molecule has 0 spiro atoms. The standard InChI is InChI=1S/C21H24N8O/c1-21(2,13-30)29-12-16(17-5-9-25-20(27-17)24-7-3-6-22)18(28-29)15-10-14-4-8-23-19(14)26-11-15/h5,9-12,30H,3-4,7-8,13H2,1-2H3,(H,23,26)(H,24,25,27). The SMILES string of the molecule is CC(C)(CO)n1cc(-c2ccnc(NCCC#N)n2)c(-c2cnc3c(c2)CCN3)n1. The van der Waals surface area contributed by atoms with Crippen LogP contribution in [-0.4, -0.2) is 49.5 Å². The van der Waals surface area contributed by atoms with E-state index in [-0.39, 0.29) is 6.61 Å². The zero-order valence-corrected chi connectivity index (χ0v) is 17.1. The first-order chi connectivity index (χ1) is 14.5. The van der Waals surface area contributed by atoms with Crippen molar-refractivity contribution in [1.29, 1.82) is 5.26 Å². The summed E-state index contributed by atoms with van der Waals surface area (Å²) in [4.78, 5) is 13.4. The van der Waals surface area contributed by atoms with Crippen LogP contribution in [0.3, 0.4) is 0 Å². The molecule has 9 heteroatoms. The van der Waals surface area contributed by atoms with Crippen molar-refractivity contribution >= 4 is 11.8 Å². The van der Waals surface area contributed by atoms with E-state index in [0.717, 1.165) is 41.2 Å². The summed E-state index contributed by atoms with van der Waals surface area (Å²) >= 11 is 0. The summed E-state index contributed by atoms with van der Waals surface area (Å²) in [6, 6.07) is 6.03. The molecular weight excluding hydrogens is 380 g/mol. The molecule has 0 unspecified atom stereocenters. The second kappa shape index (κ2) is 8.08. The second-order valence-corrected chi connectivity index (χ2v) is 7.82. The summed E-state index contributed by atoms with van der Waals surface area (Å²) in [5.74, 6) is 1.38. The average Bonchev–Trinajstić information content (AvgIpc) is 3.41. The third-order valence-electron chi connectivity index (χ3n) is 5.10. The normalized spacial score (nSPS) is 12.9. The van der Waals surface area contributed by atoms with Crippen LogP contribution in [0, 0.1) is 11.3 Å². The highest BCUT2D eigenvalue weighted by Crippen LogP contribution is 2.34. The fourth-order valence-electron chi connectivity index (χ4n) is 3.29. The van der Waals surface area contributed by atoms with Gasteiger partial charge in [-0.3, -0.25) is 4.68 Å². The van der Waals surface area contributed by atoms with Gasteiger partial charge in [-0.2, -0.15) is 10.4 Å². The van der Waals surface area contributed by atoms with E-state index >= 15 is 0 Å². The van der Waals surface area contributed by atoms with Crippen LogP contribution >= 0.6 is 0 Å². The number of nitrogens with zero attached hydrogens (tertiary/aromatic N) is 6. The number of fused-ring (bicyclic) bond motifs is 1. The largest absolute Gasteiger partial charge is 0.394 e. The first-order valence-corrected chi connectivity index (χ1v) is 9.90. The van der Waals surface area contributed by atoms with Gasteiger partial charge in [-0.1, -0.05) is 0 Å². The van der Waals surface area contributed by atoms with Crippen LogP contribution < -0.4 is 10.6 Å². The first-order valence-electron chi connectivity index (χ1n) is 9.90. The minimum Gasteiger partial charge on any atom is -0.394 e. The Morgan fingerprint density at radius 2 is 2.23 bits per heavy atom. The zero-order valence-electron chi connectivity index (χ0n) is 17.1. The highest BCUT2D eigenvalue weighted by molar-refractivity contribution is 5.79. The van der Waals surface area contributed by atoms with E-state index in [9.17, 15) is 5.11 Å². The fourth-order valence-corrected chi connectivity index (χ4v) is 3.29. The van der Waals surface area contributed by atoms with Gasteiger partial charge in [0.1, 0.15) is 11.5 Å². The third-order valence-corrected chi connectivity index (χ3v) is 5.10. The number of aliphatic hydroxyl groups excluding tert-OH is 1. The van der Waals surface area contributed by atoms with Gasteiger partial charge in [-0.05, 0) is 38.0 Å². The topological polar surface area (TPSA) is 125 Å². The Labute approximate surface area is 174 Å². The molecule has 0 saturated carbocycles. The fraction of sp³-hybridized carbons (Fsp3) is 0.381. The van der Waals surface area contributed by atoms with Crippen molar-refractivity contribution in [3.05, 3.63) is 36.3 Å². The molecule has 3 N–H and O–H groups in total. The highest BCUT2D eigenvalue weighted by Gasteiger charge is 2.25. The van der Waals surface area contributed by atoms with E-state index in [2.05, 4.69) is 37.7 Å². The Kier molecular flexibility index (Phi) is 5.33. The number of nitrogens with one attached hydrogen (secondary N) is 2. The number of nitriles is 1. The van der Waals surface area contributed by atoms with Crippen LogP contribution in [0.15, 0.2) is 30.7 Å². The van der Waals surface area contributed by atoms with Crippen LogP contribution in [0.4, 0.5) is 11.8 Å². The van der Waals surface area contributed by atoms with Gasteiger partial charge in [0, 0.05) is 42.8 Å². The predicted molar refractivity (Wildman–Crippen MR) is 114 cm³/mol. The Morgan fingerprint density at radius 1 is 1.37 bits per heavy atom. The van der Waals surface area contributed by atoms with Crippen LogP contribution in [0.5, 0.6) is 0 Å². The molecule has 154 valence electrons. The molecule has 0 fully saturated rings. The molecule has 0 saturated heterocycles. The van der Waals surface area contributed by atoms with Crippen molar-refractivity contribution < 1.29 is 5.11 Å². The van der Waals surface area contributed by atoms with Gasteiger partial charge >= 0.3 is 0 Å². The number of aliphatic hydroxyl groups is 1. The molecule has 4 rings (SSSR count). The lowest BCUT2D eigenvalue weighted by Gasteiger charge is -2.22. The summed E-state index contributed by atoms with van der Waals surface area (Å²) < 4.78 is 1.77. The van der Waals surface area contributed by atoms with Crippen molar-refractivity contribution in [2.45, 2.75) is 32.2 Å². The van der Waals surface area contributed by atoms with Crippen LogP contribution in [0.25, 0.3) is 22.5 Å². The molecule has 0 atom stereocenters. The van der Waals surface area contributed by atoms with Gasteiger partial charge in [-0.15, -0.1) is 0 Å². The van der Waals surface area contributed by atoms with Crippen molar-refractivity contribution in [3.63, 3.8) is 0 Å². The number of hydrogen-bond acceptors (Lipinski definition) is 8. The molecule has 30 heavy (non-hydrogen) atoms. The molecule has 3 aromatic heterocycles. The third kappa shape index (κ3) is 3.82. The number of rotatable bonds is 7. The molecule has 0 radical (unpaired) electrons. The Hall–Kier alpha value is -3.51. The monoisotopic (exact) mass is 404 g/mol. The first kappa shape index (κ1) is 19.8. The lowest BCUT2D eigenvalue weighted by molar-refractivity contribution is 0.152. The molecule has 1 aliphatic rings. The molecule has 0 bridgehead atoms. The second-order valence-electron chi connectivity index (χ2n) is 7.82. The van der Waals surface area contributed by atoms with Crippen LogP contribution in [0.1, 0.15) is 25.8 Å². The maximum Gasteiger partial charge on any atom is 0.223 e. The average molecular weight is 404 g/mol. The van der Waals surface area contributed by atoms with Crippen LogP contribution in [0.2, 0.25) is 0 Å². The molecule has 4 heterocycles. The van der Waals surface area contributed by atoms with E-state index in [1.165, 1.54) is 0 Å². The maximum absolute atomic E-state index is 9.84. The van der Waals surface area contributed by atoms with Gasteiger partial charge in [0.2, 0.25) is 5.95 Å². The smallest absolute Gasteiger partial charge is 0.223 e. The van der Waals surface area contributed by atoms with E-state index < -0.39 is 5.54 Å². The summed E-state index contributed by atoms with van der Waals surface area (Å²) in [5.41, 5.74) is 3.78. The minimum absolute atomic E-state index is 0.0509. The summed E-state index contributed by atoms with van der Waals surface area (Å²) in [7, 11) is 0. The van der Waals surface area contributed by atoms with E-state index in [1.54, 1.807) is 10.9 Å². The molecular formula is C21H24N8O. The highest BCUT2D eigenvalue weighted by atomic mass is 16.3. The van der Waals surface area contributed by atoms with Gasteiger partial charge < -0.3 is 15.7 Å². The van der Waals surface area contributed by atoms with Gasteiger partial charge in [-0.25, -0.2) is 15.0 Å². The number of anilines is 2. The molecule has 1 aliphatic heterocycles. The maximum atomic E-state index is 9.84. The summed E-state index contributed by atoms with van der Waals surface area (Å²) in [6.45, 7) is 5.16. The van der Waals surface area contributed by atoms with Crippen molar-refractivity contribution in [3.8, 4) is 28.6 Å².